The van der Waals surface area contributed by atoms with Gasteiger partial charge in [0.25, 0.3) is 0 Å². The molecule has 4 heteroatoms. The minimum Gasteiger partial charge on any atom is -0.409 e. The normalized spacial score (nSPS) is 22.6. The number of piperidine rings is 1. The van der Waals surface area contributed by atoms with Crippen LogP contribution < -0.4 is 5.73 Å². The van der Waals surface area contributed by atoms with Gasteiger partial charge in [-0.05, 0) is 44.2 Å². The number of likely N-dealkylation sites (tertiary alicyclic amines) is 1. The first-order valence-corrected chi connectivity index (χ1v) is 6.31. The highest BCUT2D eigenvalue weighted by atomic mass is 16.4. The lowest BCUT2D eigenvalue weighted by Crippen LogP contribution is -2.48. The monoisotopic (exact) mass is 227 g/mol. The van der Waals surface area contributed by atoms with Crippen LogP contribution in [-0.4, -0.2) is 35.1 Å². The zero-order valence-electron chi connectivity index (χ0n) is 10.7. The Morgan fingerprint density at radius 1 is 1.44 bits per heavy atom. The van der Waals surface area contributed by atoms with Crippen LogP contribution in [0.3, 0.4) is 0 Å². The van der Waals surface area contributed by atoms with Crippen LogP contribution in [0.1, 0.15) is 40.0 Å². The average molecular weight is 227 g/mol. The molecule has 1 aliphatic rings. The number of amidine groups is 1. The molecule has 1 atom stereocenters. The van der Waals surface area contributed by atoms with Crippen molar-refractivity contribution in [1.82, 2.24) is 4.90 Å². The number of hydrogen-bond acceptors (Lipinski definition) is 3. The lowest BCUT2D eigenvalue weighted by atomic mass is 9.86. The van der Waals surface area contributed by atoms with Crippen molar-refractivity contribution in [2.75, 3.05) is 13.1 Å². The van der Waals surface area contributed by atoms with Gasteiger partial charge < -0.3 is 10.9 Å². The Hall–Kier alpha value is -0.770. The molecule has 4 nitrogen and oxygen atoms in total. The standard InChI is InChI=1S/C12H25N3O/c1-4-11(12(13)14-16)15-7-5-10(6-8-15)9(2)3/h9-11,16H,4-8H2,1-3H3,(H2,13,14). The molecule has 0 bridgehead atoms. The fourth-order valence-corrected chi connectivity index (χ4v) is 2.62. The third-order valence-corrected chi connectivity index (χ3v) is 3.80. The summed E-state index contributed by atoms with van der Waals surface area (Å²) >= 11 is 0. The molecule has 0 amide bonds. The van der Waals surface area contributed by atoms with E-state index in [1.165, 1.54) is 12.8 Å². The van der Waals surface area contributed by atoms with Crippen molar-refractivity contribution < 1.29 is 5.21 Å². The molecule has 1 aliphatic heterocycles. The van der Waals surface area contributed by atoms with Crippen molar-refractivity contribution in [3.63, 3.8) is 0 Å². The van der Waals surface area contributed by atoms with Crippen molar-refractivity contribution >= 4 is 5.84 Å². The molecule has 0 spiro atoms. The van der Waals surface area contributed by atoms with E-state index in [1.54, 1.807) is 0 Å². The van der Waals surface area contributed by atoms with Gasteiger partial charge in [0.15, 0.2) is 5.84 Å². The number of hydrogen-bond donors (Lipinski definition) is 2. The molecule has 3 N–H and O–H groups in total. The van der Waals surface area contributed by atoms with Gasteiger partial charge in [-0.25, -0.2) is 0 Å². The van der Waals surface area contributed by atoms with Gasteiger partial charge >= 0.3 is 0 Å². The van der Waals surface area contributed by atoms with Crippen LogP contribution in [0.15, 0.2) is 5.16 Å². The molecule has 16 heavy (non-hydrogen) atoms. The summed E-state index contributed by atoms with van der Waals surface area (Å²) in [6.07, 6.45) is 3.36. The van der Waals surface area contributed by atoms with Crippen LogP contribution in [0.2, 0.25) is 0 Å². The summed E-state index contributed by atoms with van der Waals surface area (Å²) in [4.78, 5) is 2.34. The zero-order valence-corrected chi connectivity index (χ0v) is 10.7. The van der Waals surface area contributed by atoms with Crippen LogP contribution in [0, 0.1) is 11.8 Å². The molecular weight excluding hydrogens is 202 g/mol. The summed E-state index contributed by atoms with van der Waals surface area (Å²) in [5, 5.41) is 11.9. The SMILES string of the molecule is CCC(C(N)=NO)N1CCC(C(C)C)CC1. The van der Waals surface area contributed by atoms with Gasteiger partial charge in [-0.2, -0.15) is 0 Å². The largest absolute Gasteiger partial charge is 0.409 e. The molecule has 0 radical (unpaired) electrons. The smallest absolute Gasteiger partial charge is 0.156 e. The third-order valence-electron chi connectivity index (χ3n) is 3.80. The highest BCUT2D eigenvalue weighted by Gasteiger charge is 2.27. The van der Waals surface area contributed by atoms with Gasteiger partial charge in [0.05, 0.1) is 6.04 Å². The van der Waals surface area contributed by atoms with Crippen molar-refractivity contribution in [3.05, 3.63) is 0 Å². The average Bonchev–Trinajstić information content (AvgIpc) is 2.30. The molecule has 1 fully saturated rings. The molecule has 94 valence electrons. The van der Waals surface area contributed by atoms with Crippen LogP contribution in [-0.2, 0) is 0 Å². The van der Waals surface area contributed by atoms with E-state index >= 15 is 0 Å². The van der Waals surface area contributed by atoms with Crippen LogP contribution in [0.25, 0.3) is 0 Å². The molecule has 0 aliphatic carbocycles. The van der Waals surface area contributed by atoms with Gasteiger partial charge in [-0.1, -0.05) is 25.9 Å². The van der Waals surface area contributed by atoms with E-state index in [-0.39, 0.29) is 6.04 Å². The fraction of sp³-hybridized carbons (Fsp3) is 0.917. The van der Waals surface area contributed by atoms with Gasteiger partial charge in [0.1, 0.15) is 0 Å². The molecule has 1 saturated heterocycles. The maximum absolute atomic E-state index is 8.74. The van der Waals surface area contributed by atoms with E-state index in [4.69, 9.17) is 10.9 Å². The van der Waals surface area contributed by atoms with Crippen LogP contribution in [0.4, 0.5) is 0 Å². The number of oxime groups is 1. The Balaban J connectivity index is 2.51. The van der Waals surface area contributed by atoms with Crippen molar-refractivity contribution in [1.29, 1.82) is 0 Å². The topological polar surface area (TPSA) is 61.9 Å². The summed E-state index contributed by atoms with van der Waals surface area (Å²) in [5.41, 5.74) is 5.71. The second-order valence-corrected chi connectivity index (χ2v) is 5.07. The molecule has 1 unspecified atom stereocenters. The van der Waals surface area contributed by atoms with E-state index in [0.29, 0.717) is 5.84 Å². The van der Waals surface area contributed by atoms with Gasteiger partial charge in [0.2, 0.25) is 0 Å². The number of rotatable bonds is 4. The first-order chi connectivity index (χ1) is 7.60. The second kappa shape index (κ2) is 6.09. The first-order valence-electron chi connectivity index (χ1n) is 6.31. The minimum absolute atomic E-state index is 0.109. The zero-order chi connectivity index (χ0) is 12.1. The molecule has 1 rings (SSSR count). The summed E-state index contributed by atoms with van der Waals surface area (Å²) in [6, 6.07) is 0.109. The van der Waals surface area contributed by atoms with Gasteiger partial charge in [0, 0.05) is 0 Å². The van der Waals surface area contributed by atoms with E-state index in [1.807, 2.05) is 0 Å². The van der Waals surface area contributed by atoms with E-state index in [0.717, 1.165) is 31.3 Å². The molecular formula is C12H25N3O. The van der Waals surface area contributed by atoms with Crippen molar-refractivity contribution in [2.24, 2.45) is 22.7 Å². The Morgan fingerprint density at radius 2 is 2.00 bits per heavy atom. The summed E-state index contributed by atoms with van der Waals surface area (Å²) in [5.74, 6) is 1.96. The molecule has 0 saturated carbocycles. The van der Waals surface area contributed by atoms with Gasteiger partial charge in [-0.3, -0.25) is 4.90 Å². The van der Waals surface area contributed by atoms with Crippen LogP contribution in [0.5, 0.6) is 0 Å². The quantitative estimate of drug-likeness (QED) is 0.333. The summed E-state index contributed by atoms with van der Waals surface area (Å²) < 4.78 is 0. The number of nitrogens with zero attached hydrogens (tertiary/aromatic N) is 2. The molecule has 0 aromatic carbocycles. The fourth-order valence-electron chi connectivity index (χ4n) is 2.62. The predicted octanol–water partition coefficient (Wildman–Crippen LogP) is 1.88. The third kappa shape index (κ3) is 3.11. The maximum Gasteiger partial charge on any atom is 0.156 e. The molecule has 0 aromatic heterocycles. The van der Waals surface area contributed by atoms with E-state index in [2.05, 4.69) is 30.8 Å². The molecule has 1 heterocycles. The van der Waals surface area contributed by atoms with E-state index < -0.39 is 0 Å². The Bertz CT molecular complexity index is 232. The minimum atomic E-state index is 0.109. The Kier molecular flexibility index (Phi) is 5.06. The molecule has 0 aromatic rings. The first kappa shape index (κ1) is 13.3. The highest BCUT2D eigenvalue weighted by molar-refractivity contribution is 5.85. The van der Waals surface area contributed by atoms with Gasteiger partial charge in [-0.15, -0.1) is 0 Å². The lowest BCUT2D eigenvalue weighted by molar-refractivity contribution is 0.136. The number of nitrogens with two attached hydrogens (primary N) is 1. The maximum atomic E-state index is 8.74. The van der Waals surface area contributed by atoms with Crippen LogP contribution >= 0.6 is 0 Å². The lowest BCUT2D eigenvalue weighted by Gasteiger charge is -2.37. The summed E-state index contributed by atoms with van der Waals surface area (Å²) in [7, 11) is 0. The van der Waals surface area contributed by atoms with Crippen molar-refractivity contribution in [3.8, 4) is 0 Å². The van der Waals surface area contributed by atoms with E-state index in [9.17, 15) is 0 Å². The van der Waals surface area contributed by atoms with Crippen molar-refractivity contribution in [2.45, 2.75) is 46.1 Å². The summed E-state index contributed by atoms with van der Waals surface area (Å²) in [6.45, 7) is 8.80. The highest BCUT2D eigenvalue weighted by Crippen LogP contribution is 2.25. The predicted molar refractivity (Wildman–Crippen MR) is 66.6 cm³/mol. The Morgan fingerprint density at radius 3 is 2.38 bits per heavy atom. The second-order valence-electron chi connectivity index (χ2n) is 5.07. The Labute approximate surface area is 98.5 Å².